The molecule has 7 heteroatoms. The lowest BCUT2D eigenvalue weighted by Gasteiger charge is -2.31. The first-order valence-electron chi connectivity index (χ1n) is 8.34. The third-order valence-corrected chi connectivity index (χ3v) is 6.38. The molecular formula is C17H26N2O4S. The molecule has 1 N–H and O–H groups in total. The van der Waals surface area contributed by atoms with Gasteiger partial charge < -0.3 is 10.1 Å². The third-order valence-electron chi connectivity index (χ3n) is 4.47. The van der Waals surface area contributed by atoms with E-state index in [-0.39, 0.29) is 5.91 Å². The SMILES string of the molecule is CCC(OC)C(=O)NCC1CCN(S(=O)(=O)c2ccccc2)CC1. The largest absolute Gasteiger partial charge is 0.372 e. The number of rotatable bonds is 7. The van der Waals surface area contributed by atoms with Crippen molar-refractivity contribution < 1.29 is 17.9 Å². The molecule has 134 valence electrons. The Hall–Kier alpha value is -1.44. The van der Waals surface area contributed by atoms with Crippen LogP contribution in [0, 0.1) is 5.92 Å². The number of carbonyl (C=O) groups is 1. The van der Waals surface area contributed by atoms with Crippen LogP contribution in [-0.4, -0.2) is 51.5 Å². The molecule has 1 saturated heterocycles. The first-order valence-corrected chi connectivity index (χ1v) is 9.78. The van der Waals surface area contributed by atoms with Gasteiger partial charge in [0.05, 0.1) is 4.90 Å². The van der Waals surface area contributed by atoms with E-state index in [9.17, 15) is 13.2 Å². The monoisotopic (exact) mass is 354 g/mol. The highest BCUT2D eigenvalue weighted by molar-refractivity contribution is 7.89. The number of ether oxygens (including phenoxy) is 1. The van der Waals surface area contributed by atoms with Gasteiger partial charge in [-0.2, -0.15) is 4.31 Å². The standard InChI is InChI=1S/C17H26N2O4S/c1-3-16(23-2)17(20)18-13-14-9-11-19(12-10-14)24(21,22)15-7-5-4-6-8-15/h4-8,14,16H,3,9-13H2,1-2H3,(H,18,20). The lowest BCUT2D eigenvalue weighted by atomic mass is 9.98. The van der Waals surface area contributed by atoms with E-state index < -0.39 is 16.1 Å². The molecule has 1 aliphatic rings. The molecule has 0 saturated carbocycles. The van der Waals surface area contributed by atoms with E-state index in [1.54, 1.807) is 30.3 Å². The van der Waals surface area contributed by atoms with Crippen LogP contribution in [0.3, 0.4) is 0 Å². The summed E-state index contributed by atoms with van der Waals surface area (Å²) in [7, 11) is -1.88. The highest BCUT2D eigenvalue weighted by Crippen LogP contribution is 2.23. The fourth-order valence-corrected chi connectivity index (χ4v) is 4.40. The van der Waals surface area contributed by atoms with Gasteiger partial charge in [-0.1, -0.05) is 25.1 Å². The normalized spacial score (nSPS) is 18.2. The van der Waals surface area contributed by atoms with Crippen LogP contribution in [-0.2, 0) is 19.6 Å². The van der Waals surface area contributed by atoms with Gasteiger partial charge in [-0.05, 0) is 37.3 Å². The van der Waals surface area contributed by atoms with Gasteiger partial charge in [0.1, 0.15) is 6.10 Å². The second kappa shape index (κ2) is 8.60. The Morgan fingerprint density at radius 1 is 1.29 bits per heavy atom. The average Bonchev–Trinajstić information content (AvgIpc) is 2.62. The fourth-order valence-electron chi connectivity index (χ4n) is 2.91. The molecule has 0 spiro atoms. The third kappa shape index (κ3) is 4.55. The van der Waals surface area contributed by atoms with E-state index in [0.717, 1.165) is 12.8 Å². The van der Waals surface area contributed by atoms with Crippen LogP contribution in [0.15, 0.2) is 35.2 Å². The quantitative estimate of drug-likeness (QED) is 0.807. The van der Waals surface area contributed by atoms with Crippen LogP contribution in [0.2, 0.25) is 0 Å². The molecule has 1 fully saturated rings. The lowest BCUT2D eigenvalue weighted by Crippen LogP contribution is -2.43. The molecule has 24 heavy (non-hydrogen) atoms. The summed E-state index contributed by atoms with van der Waals surface area (Å²) in [4.78, 5) is 12.2. The minimum atomic E-state index is -3.41. The van der Waals surface area contributed by atoms with Crippen molar-refractivity contribution in [2.24, 2.45) is 5.92 Å². The summed E-state index contributed by atoms with van der Waals surface area (Å²) in [6, 6.07) is 8.51. The Morgan fingerprint density at radius 2 is 1.92 bits per heavy atom. The summed E-state index contributed by atoms with van der Waals surface area (Å²) in [6.45, 7) is 3.44. The molecule has 0 radical (unpaired) electrons. The molecule has 0 aliphatic carbocycles. The molecule has 1 aliphatic heterocycles. The summed E-state index contributed by atoms with van der Waals surface area (Å²) in [5, 5.41) is 2.91. The summed E-state index contributed by atoms with van der Waals surface area (Å²) in [5.74, 6) is 0.199. The smallest absolute Gasteiger partial charge is 0.249 e. The summed E-state index contributed by atoms with van der Waals surface area (Å²) < 4.78 is 31.8. The summed E-state index contributed by atoms with van der Waals surface area (Å²) in [5.41, 5.74) is 0. The number of carbonyl (C=O) groups excluding carboxylic acids is 1. The Kier molecular flexibility index (Phi) is 6.77. The second-order valence-corrected chi connectivity index (χ2v) is 7.98. The van der Waals surface area contributed by atoms with Crippen LogP contribution in [0.4, 0.5) is 0 Å². The zero-order valence-electron chi connectivity index (χ0n) is 14.3. The Labute approximate surface area is 144 Å². The molecule has 1 aromatic carbocycles. The van der Waals surface area contributed by atoms with Crippen molar-refractivity contribution in [3.05, 3.63) is 30.3 Å². The van der Waals surface area contributed by atoms with Gasteiger partial charge in [0.2, 0.25) is 15.9 Å². The fraction of sp³-hybridized carbons (Fsp3) is 0.588. The molecule has 1 atom stereocenters. The van der Waals surface area contributed by atoms with Gasteiger partial charge >= 0.3 is 0 Å². The van der Waals surface area contributed by atoms with Crippen LogP contribution in [0.5, 0.6) is 0 Å². The van der Waals surface area contributed by atoms with Crippen LogP contribution >= 0.6 is 0 Å². The van der Waals surface area contributed by atoms with Gasteiger partial charge in [0, 0.05) is 26.7 Å². The van der Waals surface area contributed by atoms with E-state index in [0.29, 0.717) is 36.9 Å². The minimum Gasteiger partial charge on any atom is -0.372 e. The molecule has 1 unspecified atom stereocenters. The molecule has 1 heterocycles. The highest BCUT2D eigenvalue weighted by atomic mass is 32.2. The Bertz CT molecular complexity index is 621. The maximum atomic E-state index is 12.6. The van der Waals surface area contributed by atoms with Crippen molar-refractivity contribution in [3.63, 3.8) is 0 Å². The second-order valence-electron chi connectivity index (χ2n) is 6.04. The van der Waals surface area contributed by atoms with E-state index in [1.165, 1.54) is 11.4 Å². The number of nitrogens with zero attached hydrogens (tertiary/aromatic N) is 1. The number of hydrogen-bond donors (Lipinski definition) is 1. The number of piperidine rings is 1. The van der Waals surface area contributed by atoms with Gasteiger partial charge in [-0.15, -0.1) is 0 Å². The predicted octanol–water partition coefficient (Wildman–Crippen LogP) is 1.63. The van der Waals surface area contributed by atoms with Gasteiger partial charge in [-0.3, -0.25) is 4.79 Å². The Morgan fingerprint density at radius 3 is 2.46 bits per heavy atom. The Balaban J connectivity index is 1.84. The molecule has 1 aromatic rings. The van der Waals surface area contributed by atoms with Crippen molar-refractivity contribution in [1.82, 2.24) is 9.62 Å². The van der Waals surface area contributed by atoms with E-state index >= 15 is 0 Å². The molecular weight excluding hydrogens is 328 g/mol. The van der Waals surface area contributed by atoms with Crippen molar-refractivity contribution in [2.45, 2.75) is 37.2 Å². The van der Waals surface area contributed by atoms with Crippen molar-refractivity contribution in [1.29, 1.82) is 0 Å². The zero-order chi connectivity index (χ0) is 17.6. The lowest BCUT2D eigenvalue weighted by molar-refractivity contribution is -0.131. The van der Waals surface area contributed by atoms with Crippen LogP contribution in [0.25, 0.3) is 0 Å². The highest BCUT2D eigenvalue weighted by Gasteiger charge is 2.29. The van der Waals surface area contributed by atoms with Crippen molar-refractivity contribution in [2.75, 3.05) is 26.7 Å². The molecule has 6 nitrogen and oxygen atoms in total. The molecule has 0 aromatic heterocycles. The zero-order valence-corrected chi connectivity index (χ0v) is 15.1. The number of amides is 1. The number of hydrogen-bond acceptors (Lipinski definition) is 4. The van der Waals surface area contributed by atoms with Crippen molar-refractivity contribution >= 4 is 15.9 Å². The summed E-state index contributed by atoms with van der Waals surface area (Å²) in [6.07, 6.45) is 1.71. The molecule has 1 amide bonds. The number of sulfonamides is 1. The maximum Gasteiger partial charge on any atom is 0.249 e. The maximum absolute atomic E-state index is 12.6. The minimum absolute atomic E-state index is 0.0978. The van der Waals surface area contributed by atoms with Crippen LogP contribution in [0.1, 0.15) is 26.2 Å². The number of nitrogens with one attached hydrogen (secondary N) is 1. The van der Waals surface area contributed by atoms with E-state index in [1.807, 2.05) is 6.92 Å². The topological polar surface area (TPSA) is 75.7 Å². The first-order chi connectivity index (χ1) is 11.5. The van der Waals surface area contributed by atoms with Gasteiger partial charge in [0.25, 0.3) is 0 Å². The van der Waals surface area contributed by atoms with Crippen molar-refractivity contribution in [3.8, 4) is 0 Å². The first kappa shape index (κ1) is 18.9. The molecule has 0 bridgehead atoms. The van der Waals surface area contributed by atoms with E-state index in [2.05, 4.69) is 5.32 Å². The van der Waals surface area contributed by atoms with E-state index in [4.69, 9.17) is 4.74 Å². The molecule has 2 rings (SSSR count). The number of methoxy groups -OCH3 is 1. The predicted molar refractivity (Wildman–Crippen MR) is 92.0 cm³/mol. The summed E-state index contributed by atoms with van der Waals surface area (Å²) >= 11 is 0. The van der Waals surface area contributed by atoms with Crippen LogP contribution < -0.4 is 5.32 Å². The number of benzene rings is 1. The average molecular weight is 354 g/mol. The van der Waals surface area contributed by atoms with Gasteiger partial charge in [0.15, 0.2) is 0 Å². The van der Waals surface area contributed by atoms with Gasteiger partial charge in [-0.25, -0.2) is 8.42 Å².